The van der Waals surface area contributed by atoms with Crippen LogP contribution in [0.15, 0.2) is 14.3 Å². The second-order valence-corrected chi connectivity index (χ2v) is 7.19. The molecule has 1 N–H and O–H groups in total. The lowest BCUT2D eigenvalue weighted by molar-refractivity contribution is 0.0666. The van der Waals surface area contributed by atoms with E-state index in [1.54, 1.807) is 0 Å². The van der Waals surface area contributed by atoms with E-state index in [-0.39, 0.29) is 5.91 Å². The van der Waals surface area contributed by atoms with Crippen LogP contribution in [0.4, 0.5) is 0 Å². The smallest absolute Gasteiger partial charge is 0.275 e. The van der Waals surface area contributed by atoms with Gasteiger partial charge in [-0.2, -0.15) is 0 Å². The number of hydrogen-bond acceptors (Lipinski definition) is 4. The Hall–Kier alpha value is 0.0500. The molecule has 1 aliphatic rings. The second kappa shape index (κ2) is 5.79. The predicted octanol–water partition coefficient (Wildman–Crippen LogP) is 2.17. The maximum Gasteiger partial charge on any atom is 0.275 e. The van der Waals surface area contributed by atoms with Crippen molar-refractivity contribution in [2.75, 3.05) is 33.2 Å². The number of nitrogens with zero attached hydrogens (tertiary/aromatic N) is 2. The van der Waals surface area contributed by atoms with Gasteiger partial charge in [0.05, 0.1) is 8.66 Å². The van der Waals surface area contributed by atoms with Crippen molar-refractivity contribution in [1.29, 1.82) is 0 Å². The van der Waals surface area contributed by atoms with Crippen LogP contribution in [-0.2, 0) is 0 Å². The first-order chi connectivity index (χ1) is 8.06. The van der Waals surface area contributed by atoms with Crippen LogP contribution in [0, 0.1) is 0 Å². The second-order valence-electron chi connectivity index (χ2n) is 3.96. The van der Waals surface area contributed by atoms with Gasteiger partial charge >= 0.3 is 0 Å². The molecule has 17 heavy (non-hydrogen) atoms. The first-order valence-corrected chi connectivity index (χ1v) is 7.66. The fourth-order valence-corrected chi connectivity index (χ4v) is 3.50. The number of nitrogens with one attached hydrogen (secondary N) is 1. The fraction of sp³-hybridized carbons (Fsp3) is 0.500. The van der Waals surface area contributed by atoms with Crippen molar-refractivity contribution in [3.8, 4) is 0 Å². The van der Waals surface area contributed by atoms with Crippen molar-refractivity contribution in [1.82, 2.24) is 15.3 Å². The fourth-order valence-electron chi connectivity index (χ4n) is 1.58. The van der Waals surface area contributed by atoms with Crippen LogP contribution in [-0.4, -0.2) is 49.0 Å². The molecule has 7 heteroatoms. The summed E-state index contributed by atoms with van der Waals surface area (Å²) in [6, 6.07) is 1.83. The number of carbonyl (C=O) groups excluding carboxylic acids is 1. The number of likely N-dealkylation sites (N-methyl/N-ethyl adjacent to an activating group) is 1. The van der Waals surface area contributed by atoms with Gasteiger partial charge in [-0.3, -0.25) is 10.2 Å². The molecule has 0 radical (unpaired) electrons. The first kappa shape index (κ1) is 13.5. The molecule has 1 fully saturated rings. The number of piperazine rings is 1. The van der Waals surface area contributed by atoms with Gasteiger partial charge in [-0.05, 0) is 45.0 Å². The highest BCUT2D eigenvalue weighted by Gasteiger charge is 2.18. The predicted molar refractivity (Wildman–Crippen MR) is 76.3 cm³/mol. The zero-order chi connectivity index (χ0) is 12.4. The number of rotatable bonds is 2. The number of carbonyl (C=O) groups is 1. The third-order valence-electron chi connectivity index (χ3n) is 2.63. The zero-order valence-electron chi connectivity index (χ0n) is 9.37. The van der Waals surface area contributed by atoms with E-state index in [1.165, 1.54) is 11.3 Å². The summed E-state index contributed by atoms with van der Waals surface area (Å²) in [5, 5.41) is 1.98. The standard InChI is InChI=1S/C10H13Br2N3OS/c1-14-2-4-15(5-3-14)13-10(16)8-6-7(11)9(12)17-8/h6H,2-5H2,1H3,(H,13,16). The molecule has 1 aromatic rings. The minimum Gasteiger partial charge on any atom is -0.304 e. The molecule has 0 saturated carbocycles. The first-order valence-electron chi connectivity index (χ1n) is 5.25. The largest absolute Gasteiger partial charge is 0.304 e. The van der Waals surface area contributed by atoms with Crippen LogP contribution in [0.25, 0.3) is 0 Å². The Labute approximate surface area is 121 Å². The number of halogens is 2. The summed E-state index contributed by atoms with van der Waals surface area (Å²) in [5.41, 5.74) is 2.93. The molecule has 0 spiro atoms. The molecule has 2 rings (SSSR count). The summed E-state index contributed by atoms with van der Waals surface area (Å²) in [6.07, 6.45) is 0. The van der Waals surface area contributed by atoms with Crippen molar-refractivity contribution in [3.05, 3.63) is 19.2 Å². The summed E-state index contributed by atoms with van der Waals surface area (Å²) >= 11 is 8.20. The highest BCUT2D eigenvalue weighted by atomic mass is 79.9. The Morgan fingerprint density at radius 2 is 2.00 bits per heavy atom. The molecule has 0 unspecified atom stereocenters. The molecular weight excluding hydrogens is 370 g/mol. The summed E-state index contributed by atoms with van der Waals surface area (Å²) in [5.74, 6) is -0.0362. The third-order valence-corrected chi connectivity index (χ3v) is 5.89. The average Bonchev–Trinajstić information content (AvgIpc) is 2.63. The lowest BCUT2D eigenvalue weighted by atomic mass is 10.4. The van der Waals surface area contributed by atoms with Crippen LogP contribution in [0.1, 0.15) is 9.67 Å². The van der Waals surface area contributed by atoms with E-state index < -0.39 is 0 Å². The van der Waals surface area contributed by atoms with E-state index in [1.807, 2.05) is 11.1 Å². The molecule has 0 bridgehead atoms. The molecule has 0 atom stereocenters. The average molecular weight is 383 g/mol. The molecule has 1 aromatic heterocycles. The summed E-state index contributed by atoms with van der Waals surface area (Å²) in [4.78, 5) is 14.9. The van der Waals surface area contributed by atoms with Gasteiger partial charge in [-0.1, -0.05) is 0 Å². The quantitative estimate of drug-likeness (QED) is 0.851. The minimum absolute atomic E-state index is 0.0362. The van der Waals surface area contributed by atoms with Crippen LogP contribution >= 0.6 is 43.2 Å². The van der Waals surface area contributed by atoms with Gasteiger partial charge in [-0.15, -0.1) is 11.3 Å². The maximum absolute atomic E-state index is 12.0. The number of thiophene rings is 1. The van der Waals surface area contributed by atoms with Crippen molar-refractivity contribution >= 4 is 49.1 Å². The summed E-state index contributed by atoms with van der Waals surface area (Å²) < 4.78 is 1.87. The monoisotopic (exact) mass is 381 g/mol. The normalized spacial score (nSPS) is 18.3. The summed E-state index contributed by atoms with van der Waals surface area (Å²) in [7, 11) is 2.09. The molecule has 1 saturated heterocycles. The van der Waals surface area contributed by atoms with E-state index in [2.05, 4.69) is 49.2 Å². The maximum atomic E-state index is 12.0. The highest BCUT2D eigenvalue weighted by Crippen LogP contribution is 2.32. The number of hydrogen-bond donors (Lipinski definition) is 1. The van der Waals surface area contributed by atoms with Gasteiger partial charge < -0.3 is 4.90 Å². The Balaban J connectivity index is 1.93. The van der Waals surface area contributed by atoms with Gasteiger partial charge in [0, 0.05) is 30.7 Å². The zero-order valence-corrected chi connectivity index (χ0v) is 13.4. The molecule has 1 aliphatic heterocycles. The van der Waals surface area contributed by atoms with Crippen molar-refractivity contribution in [3.63, 3.8) is 0 Å². The van der Waals surface area contributed by atoms with E-state index in [0.29, 0.717) is 4.88 Å². The van der Waals surface area contributed by atoms with Gasteiger partial charge in [0.25, 0.3) is 5.91 Å². The van der Waals surface area contributed by atoms with Crippen LogP contribution in [0.3, 0.4) is 0 Å². The van der Waals surface area contributed by atoms with Crippen molar-refractivity contribution in [2.24, 2.45) is 0 Å². The van der Waals surface area contributed by atoms with Crippen molar-refractivity contribution < 1.29 is 4.79 Å². The lowest BCUT2D eigenvalue weighted by Crippen LogP contribution is -2.52. The number of amides is 1. The van der Waals surface area contributed by atoms with E-state index in [4.69, 9.17) is 0 Å². The Morgan fingerprint density at radius 3 is 2.53 bits per heavy atom. The molecule has 4 nitrogen and oxygen atoms in total. The number of hydrazine groups is 1. The van der Waals surface area contributed by atoms with Crippen LogP contribution < -0.4 is 5.43 Å². The molecular formula is C10H13Br2N3OS. The molecule has 94 valence electrons. The Kier molecular flexibility index (Phi) is 4.59. The van der Waals surface area contributed by atoms with Crippen LogP contribution in [0.5, 0.6) is 0 Å². The SMILES string of the molecule is CN1CCN(NC(=O)c2cc(Br)c(Br)s2)CC1. The Bertz CT molecular complexity index is 396. The van der Waals surface area contributed by atoms with E-state index in [0.717, 1.165) is 34.4 Å². The van der Waals surface area contributed by atoms with Gasteiger partial charge in [-0.25, -0.2) is 5.01 Å². The topological polar surface area (TPSA) is 35.6 Å². The van der Waals surface area contributed by atoms with E-state index in [9.17, 15) is 4.79 Å². The lowest BCUT2D eigenvalue weighted by Gasteiger charge is -2.32. The highest BCUT2D eigenvalue weighted by molar-refractivity contribution is 9.13. The summed E-state index contributed by atoms with van der Waals surface area (Å²) in [6.45, 7) is 3.71. The van der Waals surface area contributed by atoms with E-state index >= 15 is 0 Å². The molecule has 2 heterocycles. The van der Waals surface area contributed by atoms with Gasteiger partial charge in [0.1, 0.15) is 0 Å². The molecule has 0 aromatic carbocycles. The molecule has 0 aliphatic carbocycles. The third kappa shape index (κ3) is 3.51. The van der Waals surface area contributed by atoms with Gasteiger partial charge in [0.2, 0.25) is 0 Å². The molecule has 1 amide bonds. The van der Waals surface area contributed by atoms with Crippen LogP contribution in [0.2, 0.25) is 0 Å². The van der Waals surface area contributed by atoms with Gasteiger partial charge in [0.15, 0.2) is 0 Å². The Morgan fingerprint density at radius 1 is 1.35 bits per heavy atom. The minimum atomic E-state index is -0.0362. The van der Waals surface area contributed by atoms with Crippen molar-refractivity contribution in [2.45, 2.75) is 0 Å².